The highest BCUT2D eigenvalue weighted by molar-refractivity contribution is 7.15. The number of amides is 1. The van der Waals surface area contributed by atoms with Crippen LogP contribution >= 0.6 is 11.3 Å². The molecule has 2 aromatic rings. The number of carbonyl (C=O) groups is 1. The SMILES string of the molecule is Cc1cnc(NC(=O)[C@H]2CCCN2c2cc(N3C=CCN3)ncn2)s1. The number of nitrogens with zero attached hydrogens (tertiary/aromatic N) is 5. The molecule has 0 saturated carbocycles. The molecule has 25 heavy (non-hydrogen) atoms. The maximum Gasteiger partial charge on any atom is 0.248 e. The third-order valence-electron chi connectivity index (χ3n) is 4.22. The summed E-state index contributed by atoms with van der Waals surface area (Å²) in [5, 5.41) is 5.42. The smallest absolute Gasteiger partial charge is 0.248 e. The van der Waals surface area contributed by atoms with Gasteiger partial charge in [-0.05, 0) is 19.8 Å². The molecule has 9 heteroatoms. The van der Waals surface area contributed by atoms with E-state index in [9.17, 15) is 4.79 Å². The van der Waals surface area contributed by atoms with Crippen LogP contribution in [0.25, 0.3) is 0 Å². The summed E-state index contributed by atoms with van der Waals surface area (Å²) in [7, 11) is 0. The Morgan fingerprint density at radius 2 is 2.24 bits per heavy atom. The van der Waals surface area contributed by atoms with Gasteiger partial charge in [-0.3, -0.25) is 9.80 Å². The van der Waals surface area contributed by atoms with Crippen LogP contribution in [0, 0.1) is 6.92 Å². The number of aryl methyl sites for hydroxylation is 1. The fraction of sp³-hybridized carbons (Fsp3) is 0.375. The first-order valence-corrected chi connectivity index (χ1v) is 9.04. The number of anilines is 3. The number of hydrazine groups is 1. The predicted molar refractivity (Wildman–Crippen MR) is 97.5 cm³/mol. The van der Waals surface area contributed by atoms with Crippen molar-refractivity contribution in [2.24, 2.45) is 0 Å². The number of nitrogens with one attached hydrogen (secondary N) is 2. The average Bonchev–Trinajstić information content (AvgIpc) is 3.37. The molecule has 4 rings (SSSR count). The summed E-state index contributed by atoms with van der Waals surface area (Å²) in [4.78, 5) is 28.7. The van der Waals surface area contributed by atoms with Crippen molar-refractivity contribution in [3.8, 4) is 0 Å². The van der Waals surface area contributed by atoms with Crippen LogP contribution < -0.4 is 20.7 Å². The largest absolute Gasteiger partial charge is 0.344 e. The summed E-state index contributed by atoms with van der Waals surface area (Å²) in [6.07, 6.45) is 9.01. The van der Waals surface area contributed by atoms with Crippen molar-refractivity contribution in [3.05, 3.63) is 35.7 Å². The van der Waals surface area contributed by atoms with E-state index >= 15 is 0 Å². The molecule has 2 N–H and O–H groups in total. The lowest BCUT2D eigenvalue weighted by Crippen LogP contribution is -2.40. The third kappa shape index (κ3) is 3.33. The van der Waals surface area contributed by atoms with Crippen molar-refractivity contribution in [3.63, 3.8) is 0 Å². The van der Waals surface area contributed by atoms with Crippen molar-refractivity contribution < 1.29 is 4.79 Å². The summed E-state index contributed by atoms with van der Waals surface area (Å²) in [5.41, 5.74) is 3.19. The highest BCUT2D eigenvalue weighted by Crippen LogP contribution is 2.27. The maximum atomic E-state index is 12.7. The molecule has 1 atom stereocenters. The minimum absolute atomic E-state index is 0.0359. The number of aromatic nitrogens is 3. The number of rotatable bonds is 4. The van der Waals surface area contributed by atoms with Crippen LogP contribution in [-0.4, -0.2) is 40.0 Å². The Hall–Kier alpha value is -2.52. The molecule has 0 bridgehead atoms. The van der Waals surface area contributed by atoms with Gasteiger partial charge in [-0.1, -0.05) is 6.08 Å². The minimum Gasteiger partial charge on any atom is -0.344 e. The maximum absolute atomic E-state index is 12.7. The van der Waals surface area contributed by atoms with Gasteiger partial charge in [0.2, 0.25) is 5.91 Å². The molecule has 1 saturated heterocycles. The zero-order valence-corrected chi connectivity index (χ0v) is 14.7. The molecule has 4 heterocycles. The zero-order chi connectivity index (χ0) is 17.2. The summed E-state index contributed by atoms with van der Waals surface area (Å²) in [6.45, 7) is 3.55. The molecular weight excluding hydrogens is 338 g/mol. The zero-order valence-electron chi connectivity index (χ0n) is 13.8. The van der Waals surface area contributed by atoms with E-state index in [1.807, 2.05) is 35.2 Å². The van der Waals surface area contributed by atoms with Crippen LogP contribution in [0.3, 0.4) is 0 Å². The van der Waals surface area contributed by atoms with Gasteiger partial charge in [0, 0.05) is 36.4 Å². The number of carbonyl (C=O) groups excluding carboxylic acids is 1. The molecule has 8 nitrogen and oxygen atoms in total. The Bertz CT molecular complexity index is 805. The van der Waals surface area contributed by atoms with Gasteiger partial charge in [0.25, 0.3) is 0 Å². The van der Waals surface area contributed by atoms with Crippen molar-refractivity contribution in [1.29, 1.82) is 0 Å². The number of hydrogen-bond acceptors (Lipinski definition) is 8. The van der Waals surface area contributed by atoms with E-state index in [-0.39, 0.29) is 11.9 Å². The van der Waals surface area contributed by atoms with Gasteiger partial charge >= 0.3 is 0 Å². The van der Waals surface area contributed by atoms with Gasteiger partial charge in [-0.15, -0.1) is 11.3 Å². The molecule has 130 valence electrons. The monoisotopic (exact) mass is 357 g/mol. The molecule has 0 spiro atoms. The molecular formula is C16H19N7OS. The van der Waals surface area contributed by atoms with Gasteiger partial charge < -0.3 is 10.2 Å². The predicted octanol–water partition coefficient (Wildman–Crippen LogP) is 1.69. The van der Waals surface area contributed by atoms with E-state index in [0.29, 0.717) is 5.13 Å². The Morgan fingerprint density at radius 3 is 3.00 bits per heavy atom. The molecule has 0 aliphatic carbocycles. The molecule has 0 aromatic carbocycles. The second-order valence-corrected chi connectivity index (χ2v) is 7.20. The summed E-state index contributed by atoms with van der Waals surface area (Å²) < 4.78 is 0. The van der Waals surface area contributed by atoms with Gasteiger partial charge in [-0.25, -0.2) is 20.4 Å². The fourth-order valence-corrected chi connectivity index (χ4v) is 3.73. The summed E-state index contributed by atoms with van der Waals surface area (Å²) in [5.74, 6) is 1.49. The number of thiazole rings is 1. The lowest BCUT2D eigenvalue weighted by molar-refractivity contribution is -0.117. The van der Waals surface area contributed by atoms with E-state index in [2.05, 4.69) is 25.7 Å². The van der Waals surface area contributed by atoms with Crippen LogP contribution in [-0.2, 0) is 4.79 Å². The van der Waals surface area contributed by atoms with Crippen molar-refractivity contribution in [2.75, 3.05) is 28.3 Å². The second-order valence-electron chi connectivity index (χ2n) is 5.97. The van der Waals surface area contributed by atoms with E-state index < -0.39 is 0 Å². The standard InChI is InChI=1S/C16H19N7OS/c1-11-9-17-16(25-11)21-15(24)12-4-2-6-22(12)13-8-14(19-10-18-13)23-7-3-5-20-23/h3,7-10,12,20H,2,4-6H2,1H3,(H,17,21,24)/t12-/m1/s1. The third-order valence-corrected chi connectivity index (χ3v) is 5.05. The Balaban J connectivity index is 1.52. The molecule has 0 unspecified atom stereocenters. The van der Waals surface area contributed by atoms with Gasteiger partial charge in [0.1, 0.15) is 18.2 Å². The van der Waals surface area contributed by atoms with E-state index in [4.69, 9.17) is 0 Å². The highest BCUT2D eigenvalue weighted by Gasteiger charge is 2.32. The van der Waals surface area contributed by atoms with Gasteiger partial charge in [0.05, 0.1) is 0 Å². The summed E-state index contributed by atoms with van der Waals surface area (Å²) in [6, 6.07) is 1.66. The molecule has 0 radical (unpaired) electrons. The normalized spacial score (nSPS) is 19.6. The van der Waals surface area contributed by atoms with Gasteiger partial charge in [0.15, 0.2) is 10.9 Å². The van der Waals surface area contributed by atoms with Gasteiger partial charge in [-0.2, -0.15) is 0 Å². The Kier molecular flexibility index (Phi) is 4.33. The lowest BCUT2D eigenvalue weighted by atomic mass is 10.2. The lowest BCUT2D eigenvalue weighted by Gasteiger charge is -2.25. The van der Waals surface area contributed by atoms with Crippen molar-refractivity contribution in [2.45, 2.75) is 25.8 Å². The van der Waals surface area contributed by atoms with Crippen LogP contribution in [0.15, 0.2) is 30.9 Å². The second kappa shape index (κ2) is 6.77. The van der Waals surface area contributed by atoms with Crippen LogP contribution in [0.1, 0.15) is 17.7 Å². The van der Waals surface area contributed by atoms with Crippen LogP contribution in [0.2, 0.25) is 0 Å². The average molecular weight is 357 g/mol. The first kappa shape index (κ1) is 16.0. The number of hydrogen-bond donors (Lipinski definition) is 2. The first-order chi connectivity index (χ1) is 12.2. The Morgan fingerprint density at radius 1 is 1.36 bits per heavy atom. The van der Waals surface area contributed by atoms with E-state index in [0.717, 1.165) is 42.4 Å². The minimum atomic E-state index is -0.242. The first-order valence-electron chi connectivity index (χ1n) is 8.22. The van der Waals surface area contributed by atoms with E-state index in [1.165, 1.54) is 17.7 Å². The quantitative estimate of drug-likeness (QED) is 0.861. The van der Waals surface area contributed by atoms with Crippen LogP contribution in [0.5, 0.6) is 0 Å². The highest BCUT2D eigenvalue weighted by atomic mass is 32.1. The molecule has 1 amide bonds. The summed E-state index contributed by atoms with van der Waals surface area (Å²) >= 11 is 1.48. The molecule has 1 fully saturated rings. The molecule has 2 aromatic heterocycles. The van der Waals surface area contributed by atoms with Crippen LogP contribution in [0.4, 0.5) is 16.8 Å². The van der Waals surface area contributed by atoms with Crippen molar-refractivity contribution >= 4 is 34.0 Å². The molecule has 2 aliphatic rings. The molecule has 2 aliphatic heterocycles. The Labute approximate surface area is 149 Å². The topological polar surface area (TPSA) is 86.3 Å². The van der Waals surface area contributed by atoms with Crippen molar-refractivity contribution in [1.82, 2.24) is 20.4 Å². The van der Waals surface area contributed by atoms with E-state index in [1.54, 1.807) is 6.20 Å². The fourth-order valence-electron chi connectivity index (χ4n) is 3.06.